The Hall–Kier alpha value is -2.22. The third kappa shape index (κ3) is 4.81. The number of hydrogen-bond acceptors (Lipinski definition) is 6. The molecular formula is C12H17N3O5. The van der Waals surface area contributed by atoms with Gasteiger partial charge in [0.05, 0.1) is 31.5 Å². The fourth-order valence-electron chi connectivity index (χ4n) is 1.58. The number of rotatable bonds is 8. The number of aromatic amines is 1. The van der Waals surface area contributed by atoms with Gasteiger partial charge in [0.2, 0.25) is 0 Å². The summed E-state index contributed by atoms with van der Waals surface area (Å²) < 4.78 is 5.17. The lowest BCUT2D eigenvalue weighted by atomic mass is 10.1. The second kappa shape index (κ2) is 7.39. The Labute approximate surface area is 115 Å². The van der Waals surface area contributed by atoms with E-state index in [4.69, 9.17) is 9.84 Å². The standard InChI is InChI=1S/C12H17N3O5/c1-7(6-20-4-3-10(17)18)14-9-5-13-15-12(19)11(9)8(2)16/h5,7H,3-4,6H2,1-2H3,(H,17,18)(H2,14,15,19)/t7-/m1/s1. The molecule has 0 spiro atoms. The van der Waals surface area contributed by atoms with Gasteiger partial charge in [-0.1, -0.05) is 0 Å². The molecular weight excluding hydrogens is 266 g/mol. The summed E-state index contributed by atoms with van der Waals surface area (Å²) in [6.45, 7) is 3.43. The number of carbonyl (C=O) groups is 2. The predicted octanol–water partition coefficient (Wildman–Crippen LogP) is 0.264. The molecule has 1 atom stereocenters. The highest BCUT2D eigenvalue weighted by Gasteiger charge is 2.14. The molecule has 3 N–H and O–H groups in total. The Morgan fingerprint density at radius 2 is 2.25 bits per heavy atom. The Kier molecular flexibility index (Phi) is 5.85. The molecule has 1 aromatic heterocycles. The summed E-state index contributed by atoms with van der Waals surface area (Å²) in [5.41, 5.74) is -0.213. The normalized spacial score (nSPS) is 11.9. The first-order valence-electron chi connectivity index (χ1n) is 6.06. The number of aromatic nitrogens is 2. The van der Waals surface area contributed by atoms with Crippen molar-refractivity contribution >= 4 is 17.4 Å². The number of carboxylic acid groups (broad SMARTS) is 1. The van der Waals surface area contributed by atoms with Crippen LogP contribution >= 0.6 is 0 Å². The summed E-state index contributed by atoms with van der Waals surface area (Å²) in [4.78, 5) is 33.3. The van der Waals surface area contributed by atoms with Crippen molar-refractivity contribution in [1.29, 1.82) is 0 Å². The number of H-pyrrole nitrogens is 1. The van der Waals surface area contributed by atoms with Gasteiger partial charge in [-0.3, -0.25) is 14.4 Å². The van der Waals surface area contributed by atoms with E-state index in [1.54, 1.807) is 6.92 Å². The van der Waals surface area contributed by atoms with E-state index in [-0.39, 0.29) is 37.0 Å². The van der Waals surface area contributed by atoms with Gasteiger partial charge in [0.1, 0.15) is 5.56 Å². The van der Waals surface area contributed by atoms with Gasteiger partial charge < -0.3 is 15.2 Å². The molecule has 0 radical (unpaired) electrons. The molecule has 0 aliphatic heterocycles. The summed E-state index contributed by atoms with van der Waals surface area (Å²) in [6, 6.07) is -0.203. The van der Waals surface area contributed by atoms with Crippen molar-refractivity contribution in [2.45, 2.75) is 26.3 Å². The van der Waals surface area contributed by atoms with Gasteiger partial charge in [-0.25, -0.2) is 5.10 Å². The number of ketones is 1. The number of Topliss-reactive ketones (excluding diaryl/α,β-unsaturated/α-hetero) is 1. The first-order chi connectivity index (χ1) is 9.41. The molecule has 8 heteroatoms. The molecule has 0 saturated heterocycles. The van der Waals surface area contributed by atoms with Crippen molar-refractivity contribution < 1.29 is 19.4 Å². The largest absolute Gasteiger partial charge is 0.481 e. The fourth-order valence-corrected chi connectivity index (χ4v) is 1.58. The van der Waals surface area contributed by atoms with Crippen LogP contribution in [0.25, 0.3) is 0 Å². The summed E-state index contributed by atoms with van der Waals surface area (Å²) >= 11 is 0. The third-order valence-corrected chi connectivity index (χ3v) is 2.44. The van der Waals surface area contributed by atoms with E-state index >= 15 is 0 Å². The Balaban J connectivity index is 2.60. The van der Waals surface area contributed by atoms with E-state index in [2.05, 4.69) is 15.5 Å². The molecule has 0 aliphatic carbocycles. The zero-order valence-corrected chi connectivity index (χ0v) is 11.3. The second-order valence-electron chi connectivity index (χ2n) is 4.31. The molecule has 0 unspecified atom stereocenters. The number of aliphatic carboxylic acids is 1. The highest BCUT2D eigenvalue weighted by atomic mass is 16.5. The number of anilines is 1. The monoisotopic (exact) mass is 283 g/mol. The maximum Gasteiger partial charge on any atom is 0.305 e. The molecule has 0 bridgehead atoms. The van der Waals surface area contributed by atoms with E-state index in [1.165, 1.54) is 13.1 Å². The Bertz CT molecular complexity index is 540. The van der Waals surface area contributed by atoms with E-state index < -0.39 is 11.5 Å². The molecule has 0 amide bonds. The van der Waals surface area contributed by atoms with Gasteiger partial charge >= 0.3 is 5.97 Å². The van der Waals surface area contributed by atoms with Crippen molar-refractivity contribution in [3.63, 3.8) is 0 Å². The fraction of sp³-hybridized carbons (Fsp3) is 0.500. The van der Waals surface area contributed by atoms with Crippen molar-refractivity contribution in [2.75, 3.05) is 18.5 Å². The first-order valence-corrected chi connectivity index (χ1v) is 6.06. The summed E-state index contributed by atoms with van der Waals surface area (Å²) in [6.07, 6.45) is 1.28. The zero-order chi connectivity index (χ0) is 15.1. The molecule has 1 aromatic rings. The maximum absolute atomic E-state index is 11.5. The second-order valence-corrected chi connectivity index (χ2v) is 4.31. The highest BCUT2D eigenvalue weighted by molar-refractivity contribution is 5.98. The Morgan fingerprint density at radius 3 is 2.85 bits per heavy atom. The number of carbonyl (C=O) groups excluding carboxylic acids is 1. The van der Waals surface area contributed by atoms with Gasteiger partial charge in [-0.05, 0) is 13.8 Å². The van der Waals surface area contributed by atoms with Crippen molar-refractivity contribution in [3.8, 4) is 0 Å². The number of nitrogens with zero attached hydrogens (tertiary/aromatic N) is 1. The minimum Gasteiger partial charge on any atom is -0.481 e. The molecule has 8 nitrogen and oxygen atoms in total. The minimum atomic E-state index is -0.928. The van der Waals surface area contributed by atoms with Crippen LogP contribution in [0, 0.1) is 0 Å². The number of hydrogen-bond donors (Lipinski definition) is 3. The SMILES string of the molecule is CC(=O)c1c(N[C@H](C)COCCC(=O)O)cn[nH]c1=O. The lowest BCUT2D eigenvalue weighted by Gasteiger charge is -2.16. The number of carboxylic acids is 1. The van der Waals surface area contributed by atoms with Crippen LogP contribution in [-0.2, 0) is 9.53 Å². The summed E-state index contributed by atoms with van der Waals surface area (Å²) in [5.74, 6) is -1.29. The van der Waals surface area contributed by atoms with Crippen LogP contribution in [0.5, 0.6) is 0 Å². The molecule has 1 rings (SSSR count). The van der Waals surface area contributed by atoms with E-state index in [0.717, 1.165) is 0 Å². The molecule has 0 aliphatic rings. The lowest BCUT2D eigenvalue weighted by Crippen LogP contribution is -2.27. The van der Waals surface area contributed by atoms with Crippen molar-refractivity contribution in [1.82, 2.24) is 10.2 Å². The highest BCUT2D eigenvalue weighted by Crippen LogP contribution is 2.11. The molecule has 0 saturated carbocycles. The first kappa shape index (κ1) is 15.8. The lowest BCUT2D eigenvalue weighted by molar-refractivity contribution is -0.138. The van der Waals surface area contributed by atoms with Crippen LogP contribution in [0.1, 0.15) is 30.6 Å². The average Bonchev–Trinajstić information content (AvgIpc) is 2.34. The van der Waals surface area contributed by atoms with Crippen molar-refractivity contribution in [3.05, 3.63) is 22.1 Å². The third-order valence-electron chi connectivity index (χ3n) is 2.44. The van der Waals surface area contributed by atoms with E-state index in [0.29, 0.717) is 5.69 Å². The van der Waals surface area contributed by atoms with Gasteiger partial charge in [0, 0.05) is 6.04 Å². The predicted molar refractivity (Wildman–Crippen MR) is 71.0 cm³/mol. The molecule has 110 valence electrons. The van der Waals surface area contributed by atoms with Gasteiger partial charge in [-0.2, -0.15) is 5.10 Å². The number of ether oxygens (including phenoxy) is 1. The Morgan fingerprint density at radius 1 is 1.55 bits per heavy atom. The van der Waals surface area contributed by atoms with Crippen LogP contribution in [0.4, 0.5) is 5.69 Å². The van der Waals surface area contributed by atoms with Crippen LogP contribution in [0.3, 0.4) is 0 Å². The van der Waals surface area contributed by atoms with E-state index in [1.807, 2.05) is 0 Å². The quantitative estimate of drug-likeness (QED) is 0.462. The minimum absolute atomic E-state index is 0.0115. The number of nitrogens with one attached hydrogen (secondary N) is 2. The van der Waals surface area contributed by atoms with Crippen LogP contribution in [0.15, 0.2) is 11.0 Å². The maximum atomic E-state index is 11.5. The zero-order valence-electron chi connectivity index (χ0n) is 11.3. The average molecular weight is 283 g/mol. The van der Waals surface area contributed by atoms with E-state index in [9.17, 15) is 14.4 Å². The molecule has 20 heavy (non-hydrogen) atoms. The van der Waals surface area contributed by atoms with Crippen LogP contribution in [-0.4, -0.2) is 46.3 Å². The molecule has 1 heterocycles. The van der Waals surface area contributed by atoms with Crippen LogP contribution < -0.4 is 10.9 Å². The smallest absolute Gasteiger partial charge is 0.305 e. The van der Waals surface area contributed by atoms with Crippen molar-refractivity contribution in [2.24, 2.45) is 0 Å². The topological polar surface area (TPSA) is 121 Å². The van der Waals surface area contributed by atoms with Gasteiger partial charge in [-0.15, -0.1) is 0 Å². The molecule has 0 fully saturated rings. The summed E-state index contributed by atoms with van der Waals surface area (Å²) in [7, 11) is 0. The molecule has 0 aromatic carbocycles. The van der Waals surface area contributed by atoms with Gasteiger partial charge in [0.15, 0.2) is 5.78 Å². The van der Waals surface area contributed by atoms with Crippen LogP contribution in [0.2, 0.25) is 0 Å². The van der Waals surface area contributed by atoms with Gasteiger partial charge in [0.25, 0.3) is 5.56 Å². The summed E-state index contributed by atoms with van der Waals surface area (Å²) in [5, 5.41) is 17.2.